The van der Waals surface area contributed by atoms with E-state index in [0.29, 0.717) is 16.4 Å². The van der Waals surface area contributed by atoms with Crippen molar-refractivity contribution in [3.63, 3.8) is 0 Å². The van der Waals surface area contributed by atoms with Crippen molar-refractivity contribution in [2.24, 2.45) is 0 Å². The highest BCUT2D eigenvalue weighted by Gasteiger charge is 2.11. The Bertz CT molecular complexity index is 942. The van der Waals surface area contributed by atoms with Crippen LogP contribution in [0.1, 0.15) is 10.4 Å². The molecule has 0 saturated carbocycles. The summed E-state index contributed by atoms with van der Waals surface area (Å²) < 4.78 is 0. The van der Waals surface area contributed by atoms with Gasteiger partial charge in [0, 0.05) is 48.7 Å². The molecule has 3 N–H and O–H groups in total. The van der Waals surface area contributed by atoms with Crippen LogP contribution < -0.4 is 21.1 Å². The topological polar surface area (TPSA) is 99.2 Å². The molecule has 27 heavy (non-hydrogen) atoms. The molecule has 0 bridgehead atoms. The monoisotopic (exact) mass is 382 g/mol. The maximum absolute atomic E-state index is 12.2. The number of hydrogen-bond acceptors (Lipinski definition) is 6. The van der Waals surface area contributed by atoms with Crippen LogP contribution in [0.15, 0.2) is 54.2 Å². The molecule has 2 aromatic heterocycles. The Morgan fingerprint density at radius 1 is 1.11 bits per heavy atom. The van der Waals surface area contributed by atoms with Gasteiger partial charge in [0.25, 0.3) is 5.91 Å². The molecule has 3 rings (SSSR count). The second-order valence-electron chi connectivity index (χ2n) is 5.76. The molecule has 138 valence electrons. The van der Waals surface area contributed by atoms with Crippen LogP contribution in [0, 0.1) is 0 Å². The van der Waals surface area contributed by atoms with Crippen LogP contribution >= 0.6 is 11.3 Å². The number of rotatable bonds is 4. The minimum Gasteiger partial charge on any atom is -0.378 e. The quantitative estimate of drug-likeness (QED) is 0.603. The molecule has 9 heteroatoms. The summed E-state index contributed by atoms with van der Waals surface area (Å²) >= 11 is 1.28. The van der Waals surface area contributed by atoms with E-state index in [4.69, 9.17) is 0 Å². The maximum atomic E-state index is 12.2. The van der Waals surface area contributed by atoms with Gasteiger partial charge in [-0.25, -0.2) is 15.2 Å². The van der Waals surface area contributed by atoms with Gasteiger partial charge in [-0.05, 0) is 30.3 Å². The Morgan fingerprint density at radius 3 is 2.70 bits per heavy atom. The second kappa shape index (κ2) is 8.28. The SMILES string of the molecule is CN(C)c1cccc(C(=O)NNC(=O)Nc2nc(-c3cccnc3)cs2)c1. The van der Waals surface area contributed by atoms with E-state index < -0.39 is 11.9 Å². The van der Waals surface area contributed by atoms with Gasteiger partial charge in [0.1, 0.15) is 0 Å². The van der Waals surface area contributed by atoms with Crippen LogP contribution in [0.25, 0.3) is 11.3 Å². The third-order valence-corrected chi connectivity index (χ3v) is 4.35. The van der Waals surface area contributed by atoms with Crippen molar-refractivity contribution in [3.05, 3.63) is 59.7 Å². The minimum atomic E-state index is -0.584. The number of aromatic nitrogens is 2. The van der Waals surface area contributed by atoms with E-state index >= 15 is 0 Å². The lowest BCUT2D eigenvalue weighted by Gasteiger charge is -2.13. The van der Waals surface area contributed by atoms with Crippen molar-refractivity contribution in [1.82, 2.24) is 20.8 Å². The highest BCUT2D eigenvalue weighted by molar-refractivity contribution is 7.14. The molecule has 3 aromatic rings. The van der Waals surface area contributed by atoms with Crippen LogP contribution in [0.4, 0.5) is 15.6 Å². The summed E-state index contributed by atoms with van der Waals surface area (Å²) in [6.45, 7) is 0. The van der Waals surface area contributed by atoms with E-state index in [0.717, 1.165) is 11.3 Å². The zero-order valence-corrected chi connectivity index (χ0v) is 15.6. The number of carbonyl (C=O) groups is 2. The minimum absolute atomic E-state index is 0.412. The summed E-state index contributed by atoms with van der Waals surface area (Å²) in [6.07, 6.45) is 3.38. The van der Waals surface area contributed by atoms with Crippen molar-refractivity contribution >= 4 is 34.1 Å². The third kappa shape index (κ3) is 4.79. The smallest absolute Gasteiger partial charge is 0.339 e. The fraction of sp³-hybridized carbons (Fsp3) is 0.111. The molecular weight excluding hydrogens is 364 g/mol. The van der Waals surface area contributed by atoms with Gasteiger partial charge in [-0.3, -0.25) is 20.5 Å². The lowest BCUT2D eigenvalue weighted by molar-refractivity contribution is 0.0938. The van der Waals surface area contributed by atoms with Gasteiger partial charge in [0.15, 0.2) is 5.13 Å². The molecule has 0 aliphatic rings. The van der Waals surface area contributed by atoms with Crippen molar-refractivity contribution in [2.45, 2.75) is 0 Å². The molecule has 0 spiro atoms. The first-order valence-corrected chi connectivity index (χ1v) is 8.91. The summed E-state index contributed by atoms with van der Waals surface area (Å²) in [5.41, 5.74) is 7.59. The van der Waals surface area contributed by atoms with Crippen molar-refractivity contribution < 1.29 is 9.59 Å². The van der Waals surface area contributed by atoms with Gasteiger partial charge >= 0.3 is 6.03 Å². The van der Waals surface area contributed by atoms with E-state index in [9.17, 15) is 9.59 Å². The highest BCUT2D eigenvalue weighted by atomic mass is 32.1. The first-order valence-electron chi connectivity index (χ1n) is 8.03. The summed E-state index contributed by atoms with van der Waals surface area (Å²) in [7, 11) is 3.77. The van der Waals surface area contributed by atoms with Crippen molar-refractivity contribution in [2.75, 3.05) is 24.3 Å². The number of nitrogens with zero attached hydrogens (tertiary/aromatic N) is 3. The van der Waals surface area contributed by atoms with Gasteiger partial charge in [0.2, 0.25) is 0 Å². The van der Waals surface area contributed by atoms with E-state index in [1.54, 1.807) is 30.6 Å². The number of thiazole rings is 1. The van der Waals surface area contributed by atoms with Gasteiger partial charge in [-0.15, -0.1) is 11.3 Å². The number of hydrogen-bond donors (Lipinski definition) is 3. The highest BCUT2D eigenvalue weighted by Crippen LogP contribution is 2.23. The third-order valence-electron chi connectivity index (χ3n) is 3.60. The van der Waals surface area contributed by atoms with Gasteiger partial charge in [-0.2, -0.15) is 0 Å². The molecule has 0 saturated heterocycles. The molecular formula is C18H18N6O2S. The number of amides is 3. The van der Waals surface area contributed by atoms with Crippen molar-refractivity contribution in [3.8, 4) is 11.3 Å². The summed E-state index contributed by atoms with van der Waals surface area (Å²) in [5, 5.41) is 4.81. The van der Waals surface area contributed by atoms with Crippen LogP contribution in [-0.4, -0.2) is 36.0 Å². The summed E-state index contributed by atoms with van der Waals surface area (Å²) in [5.74, 6) is -0.413. The van der Waals surface area contributed by atoms with Crippen LogP contribution in [0.2, 0.25) is 0 Å². The largest absolute Gasteiger partial charge is 0.378 e. The molecule has 0 unspecified atom stereocenters. The van der Waals surface area contributed by atoms with Gasteiger partial charge in [0.05, 0.1) is 5.69 Å². The normalized spacial score (nSPS) is 10.1. The molecule has 3 amide bonds. The van der Waals surface area contributed by atoms with Crippen LogP contribution in [-0.2, 0) is 0 Å². The Kier molecular flexibility index (Phi) is 5.62. The lowest BCUT2D eigenvalue weighted by Crippen LogP contribution is -2.43. The van der Waals surface area contributed by atoms with Crippen LogP contribution in [0.5, 0.6) is 0 Å². The first-order chi connectivity index (χ1) is 13.0. The van der Waals surface area contributed by atoms with Crippen LogP contribution in [0.3, 0.4) is 0 Å². The Balaban J connectivity index is 1.55. The Morgan fingerprint density at radius 2 is 1.96 bits per heavy atom. The number of hydrazine groups is 1. The molecule has 0 aliphatic heterocycles. The second-order valence-corrected chi connectivity index (χ2v) is 6.62. The van der Waals surface area contributed by atoms with E-state index in [1.165, 1.54) is 11.3 Å². The van der Waals surface area contributed by atoms with Gasteiger partial charge < -0.3 is 4.90 Å². The number of carbonyl (C=O) groups excluding carboxylic acids is 2. The zero-order valence-electron chi connectivity index (χ0n) is 14.8. The number of pyridine rings is 1. The van der Waals surface area contributed by atoms with E-state index in [2.05, 4.69) is 26.1 Å². The molecule has 2 heterocycles. The van der Waals surface area contributed by atoms with Crippen molar-refractivity contribution in [1.29, 1.82) is 0 Å². The first kappa shape index (κ1) is 18.3. The molecule has 0 fully saturated rings. The van der Waals surface area contributed by atoms with E-state index in [-0.39, 0.29) is 0 Å². The predicted molar refractivity (Wildman–Crippen MR) is 106 cm³/mol. The summed E-state index contributed by atoms with van der Waals surface area (Å²) in [4.78, 5) is 34.4. The fourth-order valence-electron chi connectivity index (χ4n) is 2.22. The molecule has 0 atom stereocenters. The number of urea groups is 1. The molecule has 1 aromatic carbocycles. The zero-order chi connectivity index (χ0) is 19.2. The predicted octanol–water partition coefficient (Wildman–Crippen LogP) is 2.74. The van der Waals surface area contributed by atoms with E-state index in [1.807, 2.05) is 42.6 Å². The maximum Gasteiger partial charge on any atom is 0.339 e. The Labute approximate surface area is 160 Å². The number of nitrogens with one attached hydrogen (secondary N) is 3. The Hall–Kier alpha value is -3.46. The summed E-state index contributed by atoms with van der Waals surface area (Å²) in [6, 6.07) is 10.2. The fourth-order valence-corrected chi connectivity index (χ4v) is 2.93. The number of benzene rings is 1. The molecule has 8 nitrogen and oxygen atoms in total. The molecule has 0 aliphatic carbocycles. The average molecular weight is 382 g/mol. The average Bonchev–Trinajstić information content (AvgIpc) is 3.15. The lowest BCUT2D eigenvalue weighted by atomic mass is 10.2. The number of anilines is 2. The standard InChI is InChI=1S/C18H18N6O2S/c1-24(2)14-7-3-5-12(9-14)16(25)22-23-17(26)21-18-20-15(11-27-18)13-6-4-8-19-10-13/h3-11H,1-2H3,(H,22,25)(H2,20,21,23,26). The van der Waals surface area contributed by atoms with Gasteiger partial charge in [-0.1, -0.05) is 6.07 Å². The molecule has 0 radical (unpaired) electrons.